The first-order valence-corrected chi connectivity index (χ1v) is 15.7. The molecule has 2 aliphatic heterocycles. The third-order valence-corrected chi connectivity index (χ3v) is 8.86. The van der Waals surface area contributed by atoms with E-state index in [1.165, 1.54) is 11.1 Å². The molecule has 10 heteroatoms. The number of ether oxygens (including phenoxy) is 8. The van der Waals surface area contributed by atoms with Gasteiger partial charge in [0.05, 0.1) is 69.1 Å². The maximum Gasteiger partial charge on any atom is 0.203 e. The molecule has 2 atom stereocenters. The Balaban J connectivity index is 1.67. The van der Waals surface area contributed by atoms with E-state index >= 15 is 0 Å². The summed E-state index contributed by atoms with van der Waals surface area (Å²) in [6.07, 6.45) is 3.97. The molecule has 2 aliphatic rings. The smallest absolute Gasteiger partial charge is 0.203 e. The SMILES string of the molecule is COc1cc(C[C@@H](CCCN2CCOCC2)[C@@H](Cc2cc(OC)c(OC)c(OC)c2)CN2CCOCC2)cc(OC)c1OC. The van der Waals surface area contributed by atoms with E-state index in [0.29, 0.717) is 46.3 Å². The lowest BCUT2D eigenvalue weighted by Gasteiger charge is -2.35. The Hall–Kier alpha value is -2.92. The van der Waals surface area contributed by atoms with Crippen LogP contribution in [0.4, 0.5) is 0 Å². The first-order valence-electron chi connectivity index (χ1n) is 15.7. The summed E-state index contributed by atoms with van der Waals surface area (Å²) in [4.78, 5) is 5.08. The van der Waals surface area contributed by atoms with Crippen LogP contribution >= 0.6 is 0 Å². The lowest BCUT2D eigenvalue weighted by atomic mass is 9.79. The van der Waals surface area contributed by atoms with E-state index in [0.717, 1.165) is 91.4 Å². The molecule has 2 saturated heterocycles. The standard InChI is InChI=1S/C34H52N2O8/c1-37-29-20-25(21-30(38-2)33(29)41-5)18-27(8-7-9-35-10-14-43-15-11-35)28(24-36-12-16-44-17-13-36)19-26-22-31(39-3)34(42-6)32(23-26)40-4/h20-23,27-28H,7-19,24H2,1-6H3/t27-,28+/m1/s1. The number of benzene rings is 2. The molecule has 0 bridgehead atoms. The summed E-state index contributed by atoms with van der Waals surface area (Å²) in [5, 5.41) is 0. The highest BCUT2D eigenvalue weighted by molar-refractivity contribution is 5.55. The molecule has 246 valence electrons. The van der Waals surface area contributed by atoms with Gasteiger partial charge in [-0.2, -0.15) is 0 Å². The third-order valence-electron chi connectivity index (χ3n) is 8.86. The van der Waals surface area contributed by atoms with E-state index in [1.54, 1.807) is 42.7 Å². The Morgan fingerprint density at radius 2 is 0.977 bits per heavy atom. The zero-order chi connectivity index (χ0) is 31.3. The van der Waals surface area contributed by atoms with Gasteiger partial charge in [-0.1, -0.05) is 0 Å². The van der Waals surface area contributed by atoms with Crippen molar-refractivity contribution in [2.45, 2.75) is 25.7 Å². The molecule has 44 heavy (non-hydrogen) atoms. The summed E-state index contributed by atoms with van der Waals surface area (Å²) < 4.78 is 45.4. The molecular weight excluding hydrogens is 564 g/mol. The van der Waals surface area contributed by atoms with Gasteiger partial charge in [-0.25, -0.2) is 0 Å². The second-order valence-corrected chi connectivity index (χ2v) is 11.5. The van der Waals surface area contributed by atoms with Crippen LogP contribution in [-0.2, 0) is 22.3 Å². The quantitative estimate of drug-likeness (QED) is 0.258. The van der Waals surface area contributed by atoms with E-state index in [-0.39, 0.29) is 0 Å². The summed E-state index contributed by atoms with van der Waals surface area (Å²) >= 11 is 0. The van der Waals surface area contributed by atoms with Gasteiger partial charge in [0, 0.05) is 32.7 Å². The molecule has 0 saturated carbocycles. The van der Waals surface area contributed by atoms with Crippen molar-refractivity contribution in [3.05, 3.63) is 35.4 Å². The molecule has 2 aromatic carbocycles. The molecule has 0 amide bonds. The van der Waals surface area contributed by atoms with Crippen molar-refractivity contribution in [2.24, 2.45) is 11.8 Å². The number of hydrogen-bond donors (Lipinski definition) is 0. The third kappa shape index (κ3) is 9.06. The Labute approximate surface area is 263 Å². The summed E-state index contributed by atoms with van der Waals surface area (Å²) in [5.41, 5.74) is 2.34. The Bertz CT molecular complexity index is 1100. The highest BCUT2D eigenvalue weighted by atomic mass is 16.5. The first kappa shape index (κ1) is 34.0. The highest BCUT2D eigenvalue weighted by Crippen LogP contribution is 2.41. The van der Waals surface area contributed by atoms with Gasteiger partial charge >= 0.3 is 0 Å². The molecule has 0 unspecified atom stereocenters. The maximum atomic E-state index is 5.73. The molecular formula is C34H52N2O8. The largest absolute Gasteiger partial charge is 0.493 e. The fourth-order valence-electron chi connectivity index (χ4n) is 6.51. The molecule has 0 spiro atoms. The summed E-state index contributed by atoms with van der Waals surface area (Å²) in [6.45, 7) is 9.10. The van der Waals surface area contributed by atoms with Crippen molar-refractivity contribution in [3.63, 3.8) is 0 Å². The Kier molecular flexibility index (Phi) is 13.5. The summed E-state index contributed by atoms with van der Waals surface area (Å²) in [5.74, 6) is 4.71. The van der Waals surface area contributed by atoms with Crippen molar-refractivity contribution in [2.75, 3.05) is 108 Å². The minimum atomic E-state index is 0.361. The van der Waals surface area contributed by atoms with Crippen LogP contribution in [0.25, 0.3) is 0 Å². The van der Waals surface area contributed by atoms with E-state index in [9.17, 15) is 0 Å². The Morgan fingerprint density at radius 1 is 0.568 bits per heavy atom. The van der Waals surface area contributed by atoms with Crippen molar-refractivity contribution in [1.29, 1.82) is 0 Å². The fraction of sp³-hybridized carbons (Fsp3) is 0.647. The zero-order valence-electron chi connectivity index (χ0n) is 27.5. The van der Waals surface area contributed by atoms with Gasteiger partial charge in [-0.05, 0) is 79.5 Å². The van der Waals surface area contributed by atoms with Crippen LogP contribution in [0.2, 0.25) is 0 Å². The molecule has 0 radical (unpaired) electrons. The minimum absolute atomic E-state index is 0.361. The molecule has 10 nitrogen and oxygen atoms in total. The van der Waals surface area contributed by atoms with E-state index in [1.807, 2.05) is 0 Å². The van der Waals surface area contributed by atoms with Gasteiger partial charge in [0.25, 0.3) is 0 Å². The van der Waals surface area contributed by atoms with Crippen LogP contribution in [-0.4, -0.2) is 118 Å². The normalized spacial score (nSPS) is 17.5. The fourth-order valence-corrected chi connectivity index (χ4v) is 6.51. The van der Waals surface area contributed by atoms with Gasteiger partial charge in [0.2, 0.25) is 11.5 Å². The van der Waals surface area contributed by atoms with Crippen LogP contribution < -0.4 is 28.4 Å². The molecule has 2 aromatic rings. The zero-order valence-corrected chi connectivity index (χ0v) is 27.5. The van der Waals surface area contributed by atoms with Crippen molar-refractivity contribution in [3.8, 4) is 34.5 Å². The number of rotatable bonds is 17. The van der Waals surface area contributed by atoms with Crippen LogP contribution in [0.1, 0.15) is 24.0 Å². The van der Waals surface area contributed by atoms with Crippen LogP contribution in [0.15, 0.2) is 24.3 Å². The van der Waals surface area contributed by atoms with Crippen LogP contribution in [0.3, 0.4) is 0 Å². The van der Waals surface area contributed by atoms with E-state index < -0.39 is 0 Å². The molecule has 0 N–H and O–H groups in total. The van der Waals surface area contributed by atoms with Crippen LogP contribution in [0.5, 0.6) is 34.5 Å². The maximum absolute atomic E-state index is 5.73. The number of methoxy groups -OCH3 is 6. The molecule has 4 rings (SSSR count). The second kappa shape index (κ2) is 17.5. The van der Waals surface area contributed by atoms with E-state index in [2.05, 4.69) is 34.1 Å². The summed E-state index contributed by atoms with van der Waals surface area (Å²) in [7, 11) is 9.98. The average molecular weight is 617 g/mol. The summed E-state index contributed by atoms with van der Waals surface area (Å²) in [6, 6.07) is 8.39. The molecule has 0 aromatic heterocycles. The van der Waals surface area contributed by atoms with Gasteiger partial charge in [-0.3, -0.25) is 9.80 Å². The highest BCUT2D eigenvalue weighted by Gasteiger charge is 2.28. The lowest BCUT2D eigenvalue weighted by Crippen LogP contribution is -2.42. The topological polar surface area (TPSA) is 80.3 Å². The average Bonchev–Trinajstić information content (AvgIpc) is 3.07. The van der Waals surface area contributed by atoms with E-state index in [4.69, 9.17) is 37.9 Å². The van der Waals surface area contributed by atoms with Gasteiger partial charge in [0.15, 0.2) is 23.0 Å². The van der Waals surface area contributed by atoms with Gasteiger partial charge in [0.1, 0.15) is 0 Å². The Morgan fingerprint density at radius 3 is 1.39 bits per heavy atom. The minimum Gasteiger partial charge on any atom is -0.493 e. The van der Waals surface area contributed by atoms with Crippen molar-refractivity contribution >= 4 is 0 Å². The van der Waals surface area contributed by atoms with Crippen molar-refractivity contribution < 1.29 is 37.9 Å². The van der Waals surface area contributed by atoms with Crippen molar-refractivity contribution in [1.82, 2.24) is 9.80 Å². The predicted molar refractivity (Wildman–Crippen MR) is 170 cm³/mol. The second-order valence-electron chi connectivity index (χ2n) is 11.5. The predicted octanol–water partition coefficient (Wildman–Crippen LogP) is 4.20. The first-order chi connectivity index (χ1) is 21.5. The molecule has 2 fully saturated rings. The molecule has 0 aliphatic carbocycles. The number of hydrogen-bond acceptors (Lipinski definition) is 10. The number of morpholine rings is 2. The number of nitrogens with zero attached hydrogens (tertiary/aromatic N) is 2. The monoisotopic (exact) mass is 616 g/mol. The van der Waals surface area contributed by atoms with Gasteiger partial charge in [-0.15, -0.1) is 0 Å². The van der Waals surface area contributed by atoms with Crippen LogP contribution in [0, 0.1) is 11.8 Å². The molecule has 2 heterocycles. The lowest BCUT2D eigenvalue weighted by molar-refractivity contribution is 0.0236. The van der Waals surface area contributed by atoms with Gasteiger partial charge < -0.3 is 37.9 Å².